The summed E-state index contributed by atoms with van der Waals surface area (Å²) in [5, 5.41) is 14.2. The zero-order valence-electron chi connectivity index (χ0n) is 38.8. The Morgan fingerprint density at radius 1 is 0.278 bits per heavy atom. The Bertz CT molecular complexity index is 4590. The molecule has 3 heterocycles. The Kier molecular flexibility index (Phi) is 9.10. The summed E-state index contributed by atoms with van der Waals surface area (Å²) in [4.78, 5) is 16.4. The SMILES string of the molecule is c1ccc(-c2ccc3c(-n4c5cc6ccccc6cc5c5cc6ccccc6cc54)c(-c4ccc5ccccc5c4)cc(-c4nc(-c5ccccc5)nc(-c5cccc6c5sc5ccccc56)n4)c3c2)cc1. The number of aromatic nitrogens is 4. The average molecular weight is 933 g/mol. The normalized spacial score (nSPS) is 11.9. The van der Waals surface area contributed by atoms with Crippen molar-refractivity contribution in [2.45, 2.75) is 0 Å². The molecule has 0 saturated heterocycles. The molecule has 72 heavy (non-hydrogen) atoms. The molecular formula is C67H40N4S. The van der Waals surface area contributed by atoms with Gasteiger partial charge in [0.15, 0.2) is 17.5 Å². The molecule has 0 bridgehead atoms. The first-order valence-electron chi connectivity index (χ1n) is 24.4. The number of thiophene rings is 1. The predicted molar refractivity (Wildman–Crippen MR) is 304 cm³/mol. The molecule has 334 valence electrons. The summed E-state index contributed by atoms with van der Waals surface area (Å²) < 4.78 is 4.93. The van der Waals surface area contributed by atoms with Crippen molar-refractivity contribution in [1.82, 2.24) is 19.5 Å². The molecule has 0 atom stereocenters. The standard InChI is InChI=1S/C67H40N4S/c1-3-16-41(17-4-1)49-32-33-52-56(35-49)59(67-69-65(43-19-5-2-6-20-43)68-66(70-67)54-28-15-27-53-51-26-13-14-29-62(51)72-64(53)54)40-55(50-31-30-42-18-7-8-21-44(42)34-50)63(52)71-60-38-47-24-11-9-22-45(47)36-57(60)58-37-46-23-10-12-25-48(46)39-61(58)71/h1-40H. The average Bonchev–Trinajstić information content (AvgIpc) is 3.98. The molecule has 3 aromatic heterocycles. The summed E-state index contributed by atoms with van der Waals surface area (Å²) >= 11 is 1.79. The Hall–Kier alpha value is -9.29. The van der Waals surface area contributed by atoms with Crippen LogP contribution < -0.4 is 0 Å². The molecule has 12 aromatic carbocycles. The van der Waals surface area contributed by atoms with Crippen LogP contribution in [-0.2, 0) is 0 Å². The molecule has 0 N–H and O–H groups in total. The largest absolute Gasteiger partial charge is 0.308 e. The fourth-order valence-corrected chi connectivity index (χ4v) is 12.3. The van der Waals surface area contributed by atoms with Crippen LogP contribution in [0.5, 0.6) is 0 Å². The topological polar surface area (TPSA) is 43.6 Å². The molecule has 15 aromatic rings. The van der Waals surface area contributed by atoms with Gasteiger partial charge in [0.1, 0.15) is 0 Å². The van der Waals surface area contributed by atoms with Gasteiger partial charge in [0.25, 0.3) is 0 Å². The first kappa shape index (κ1) is 40.6. The zero-order chi connectivity index (χ0) is 47.3. The third-order valence-corrected chi connectivity index (χ3v) is 15.8. The van der Waals surface area contributed by atoms with Crippen molar-refractivity contribution < 1.29 is 0 Å². The molecule has 5 heteroatoms. The van der Waals surface area contributed by atoms with Crippen LogP contribution in [0.25, 0.3) is 147 Å². The van der Waals surface area contributed by atoms with E-state index >= 15 is 0 Å². The first-order chi connectivity index (χ1) is 35.7. The quantitative estimate of drug-likeness (QED) is 0.167. The lowest BCUT2D eigenvalue weighted by atomic mass is 9.90. The van der Waals surface area contributed by atoms with Crippen LogP contribution in [0.1, 0.15) is 0 Å². The van der Waals surface area contributed by atoms with E-state index in [1.54, 1.807) is 11.3 Å². The number of benzene rings is 12. The highest BCUT2D eigenvalue weighted by Crippen LogP contribution is 2.47. The van der Waals surface area contributed by atoms with Gasteiger partial charge in [-0.15, -0.1) is 11.3 Å². The van der Waals surface area contributed by atoms with Crippen molar-refractivity contribution in [3.05, 3.63) is 243 Å². The molecule has 0 aliphatic carbocycles. The van der Waals surface area contributed by atoms with E-state index in [9.17, 15) is 0 Å². The highest BCUT2D eigenvalue weighted by Gasteiger charge is 2.25. The number of fused-ring (bicyclic) bond motifs is 10. The smallest absolute Gasteiger partial charge is 0.165 e. The highest BCUT2D eigenvalue weighted by molar-refractivity contribution is 7.26. The van der Waals surface area contributed by atoms with Crippen LogP contribution >= 0.6 is 11.3 Å². The lowest BCUT2D eigenvalue weighted by molar-refractivity contribution is 1.08. The van der Waals surface area contributed by atoms with Gasteiger partial charge in [0, 0.05) is 58.6 Å². The third kappa shape index (κ3) is 6.48. The summed E-state index contributed by atoms with van der Waals surface area (Å²) in [5.74, 6) is 1.87. The summed E-state index contributed by atoms with van der Waals surface area (Å²) in [7, 11) is 0. The van der Waals surface area contributed by atoms with E-state index in [-0.39, 0.29) is 0 Å². The van der Waals surface area contributed by atoms with E-state index in [2.05, 4.69) is 241 Å². The number of rotatable bonds is 6. The molecule has 0 aliphatic rings. The highest BCUT2D eigenvalue weighted by atomic mass is 32.1. The van der Waals surface area contributed by atoms with Crippen molar-refractivity contribution in [3.8, 4) is 62.1 Å². The van der Waals surface area contributed by atoms with Gasteiger partial charge in [-0.2, -0.15) is 0 Å². The first-order valence-corrected chi connectivity index (χ1v) is 25.2. The molecule has 0 fully saturated rings. The number of nitrogens with zero attached hydrogens (tertiary/aromatic N) is 4. The summed E-state index contributed by atoms with van der Waals surface area (Å²) in [6.45, 7) is 0. The van der Waals surface area contributed by atoms with E-state index in [1.165, 1.54) is 58.6 Å². The maximum Gasteiger partial charge on any atom is 0.165 e. The van der Waals surface area contributed by atoms with Crippen LogP contribution in [0.2, 0.25) is 0 Å². The minimum atomic E-state index is 0.611. The Labute approximate surface area is 418 Å². The van der Waals surface area contributed by atoms with Gasteiger partial charge >= 0.3 is 0 Å². The van der Waals surface area contributed by atoms with Gasteiger partial charge < -0.3 is 4.57 Å². The molecule has 15 rings (SSSR count). The van der Waals surface area contributed by atoms with Crippen molar-refractivity contribution in [2.75, 3.05) is 0 Å². The molecule has 0 spiro atoms. The van der Waals surface area contributed by atoms with Crippen molar-refractivity contribution in [2.24, 2.45) is 0 Å². The molecule has 0 radical (unpaired) electrons. The molecule has 0 amide bonds. The monoisotopic (exact) mass is 932 g/mol. The molecule has 0 unspecified atom stereocenters. The third-order valence-electron chi connectivity index (χ3n) is 14.6. The van der Waals surface area contributed by atoms with Gasteiger partial charge in [-0.1, -0.05) is 188 Å². The summed E-state index contributed by atoms with van der Waals surface area (Å²) in [6.07, 6.45) is 0. The fraction of sp³-hybridized carbons (Fsp3) is 0. The van der Waals surface area contributed by atoms with Gasteiger partial charge in [-0.05, 0) is 109 Å². The van der Waals surface area contributed by atoms with E-state index < -0.39 is 0 Å². The zero-order valence-corrected chi connectivity index (χ0v) is 39.6. The van der Waals surface area contributed by atoms with E-state index in [1.807, 2.05) is 6.07 Å². The van der Waals surface area contributed by atoms with E-state index in [0.29, 0.717) is 17.5 Å². The van der Waals surface area contributed by atoms with Crippen molar-refractivity contribution in [3.63, 3.8) is 0 Å². The van der Waals surface area contributed by atoms with Crippen LogP contribution in [0.3, 0.4) is 0 Å². The molecule has 0 aliphatic heterocycles. The van der Waals surface area contributed by atoms with E-state index in [4.69, 9.17) is 15.0 Å². The number of hydrogen-bond acceptors (Lipinski definition) is 4. The Morgan fingerprint density at radius 2 is 0.819 bits per heavy atom. The lowest BCUT2D eigenvalue weighted by Gasteiger charge is -2.21. The maximum atomic E-state index is 5.60. The maximum absolute atomic E-state index is 5.60. The van der Waals surface area contributed by atoms with Crippen LogP contribution in [0.15, 0.2) is 243 Å². The fourth-order valence-electron chi connectivity index (χ4n) is 11.1. The Balaban J connectivity index is 1.11. The van der Waals surface area contributed by atoms with Crippen LogP contribution in [-0.4, -0.2) is 19.5 Å². The van der Waals surface area contributed by atoms with E-state index in [0.717, 1.165) is 71.1 Å². The van der Waals surface area contributed by atoms with Crippen LogP contribution in [0, 0.1) is 0 Å². The molecule has 0 saturated carbocycles. The van der Waals surface area contributed by atoms with Gasteiger partial charge in [0.05, 0.1) is 16.7 Å². The summed E-state index contributed by atoms with van der Waals surface area (Å²) in [6, 6.07) is 88.0. The minimum absolute atomic E-state index is 0.611. The van der Waals surface area contributed by atoms with Crippen LogP contribution in [0.4, 0.5) is 0 Å². The second kappa shape index (κ2) is 16.1. The lowest BCUT2D eigenvalue weighted by Crippen LogP contribution is -2.04. The Morgan fingerprint density at radius 3 is 1.51 bits per heavy atom. The van der Waals surface area contributed by atoms with Gasteiger partial charge in [-0.3, -0.25) is 0 Å². The predicted octanol–water partition coefficient (Wildman–Crippen LogP) is 18.3. The number of hydrogen-bond donors (Lipinski definition) is 0. The second-order valence-electron chi connectivity index (χ2n) is 18.7. The second-order valence-corrected chi connectivity index (χ2v) is 19.8. The van der Waals surface area contributed by atoms with Gasteiger partial charge in [-0.25, -0.2) is 15.0 Å². The molecular weight excluding hydrogens is 893 g/mol. The molecule has 4 nitrogen and oxygen atoms in total. The van der Waals surface area contributed by atoms with Gasteiger partial charge in [0.2, 0.25) is 0 Å². The van der Waals surface area contributed by atoms with Crippen molar-refractivity contribution >= 4 is 96.4 Å². The minimum Gasteiger partial charge on any atom is -0.308 e. The summed E-state index contributed by atoms with van der Waals surface area (Å²) in [5.41, 5.74) is 10.7. The van der Waals surface area contributed by atoms with Crippen molar-refractivity contribution in [1.29, 1.82) is 0 Å².